The van der Waals surface area contributed by atoms with E-state index >= 15 is 0 Å². The van der Waals surface area contributed by atoms with E-state index < -0.39 is 5.91 Å². The van der Waals surface area contributed by atoms with Gasteiger partial charge in [-0.3, -0.25) is 4.79 Å². The number of hydrogen-bond acceptors (Lipinski definition) is 4. The molecule has 16 heavy (non-hydrogen) atoms. The molecule has 0 atom stereocenters. The van der Waals surface area contributed by atoms with Crippen LogP contribution in [-0.2, 0) is 11.3 Å². The minimum atomic E-state index is -0.454. The van der Waals surface area contributed by atoms with E-state index in [0.29, 0.717) is 5.69 Å². The van der Waals surface area contributed by atoms with Crippen molar-refractivity contribution in [2.24, 2.45) is 5.16 Å². The monoisotopic (exact) mass is 221 g/mol. The highest BCUT2D eigenvalue weighted by molar-refractivity contribution is 6.31. The third-order valence-electron chi connectivity index (χ3n) is 1.87. The molecule has 1 amide bonds. The van der Waals surface area contributed by atoms with Crippen LogP contribution >= 0.6 is 0 Å². The zero-order valence-corrected chi connectivity index (χ0v) is 9.34. The Kier molecular flexibility index (Phi) is 4.47. The molecule has 0 spiro atoms. The number of rotatable bonds is 4. The van der Waals surface area contributed by atoms with E-state index in [1.807, 2.05) is 37.2 Å². The summed E-state index contributed by atoms with van der Waals surface area (Å²) in [5.74, 6) is -0.454. The van der Waals surface area contributed by atoms with Crippen molar-refractivity contribution in [3.8, 4) is 0 Å². The summed E-state index contributed by atoms with van der Waals surface area (Å²) < 4.78 is 0. The zero-order chi connectivity index (χ0) is 12.0. The summed E-state index contributed by atoms with van der Waals surface area (Å²) in [5, 5.41) is 13.4. The number of benzene rings is 1. The third kappa shape index (κ3) is 4.10. The second-order valence-corrected chi connectivity index (χ2v) is 3.67. The summed E-state index contributed by atoms with van der Waals surface area (Å²) in [6.07, 6.45) is 0.818. The lowest BCUT2D eigenvalue weighted by Gasteiger charge is -2.10. The Morgan fingerprint density at radius 2 is 2.31 bits per heavy atom. The highest BCUT2D eigenvalue weighted by atomic mass is 16.4. The van der Waals surface area contributed by atoms with Crippen molar-refractivity contribution in [3.05, 3.63) is 29.8 Å². The standard InChI is InChI=1S/C11H15N3O2/c1-14(2)8-9-4-3-5-10(6-9)13-11(15)7-12-16/h3-7,16H,8H2,1-2H3,(H,13,15). The van der Waals surface area contributed by atoms with Crippen molar-refractivity contribution in [1.82, 2.24) is 4.90 Å². The minimum Gasteiger partial charge on any atom is -0.411 e. The van der Waals surface area contributed by atoms with Gasteiger partial charge in [0.15, 0.2) is 0 Å². The molecule has 5 nitrogen and oxygen atoms in total. The molecule has 86 valence electrons. The number of nitrogens with zero attached hydrogens (tertiary/aromatic N) is 2. The smallest absolute Gasteiger partial charge is 0.270 e. The van der Waals surface area contributed by atoms with Crippen molar-refractivity contribution >= 4 is 17.8 Å². The third-order valence-corrected chi connectivity index (χ3v) is 1.87. The number of carbonyl (C=O) groups excluding carboxylic acids is 1. The molecule has 0 unspecified atom stereocenters. The molecule has 0 bridgehead atoms. The van der Waals surface area contributed by atoms with Crippen LogP contribution in [-0.4, -0.2) is 36.3 Å². The summed E-state index contributed by atoms with van der Waals surface area (Å²) >= 11 is 0. The second kappa shape index (κ2) is 5.87. The quantitative estimate of drug-likeness (QED) is 0.455. The van der Waals surface area contributed by atoms with Gasteiger partial charge in [0.1, 0.15) is 6.21 Å². The highest BCUT2D eigenvalue weighted by Gasteiger charge is 2.00. The average Bonchev–Trinajstić information content (AvgIpc) is 2.17. The van der Waals surface area contributed by atoms with Gasteiger partial charge < -0.3 is 15.4 Å². The van der Waals surface area contributed by atoms with E-state index in [9.17, 15) is 4.79 Å². The molecule has 0 aliphatic heterocycles. The van der Waals surface area contributed by atoms with Gasteiger partial charge in [-0.15, -0.1) is 0 Å². The fourth-order valence-electron chi connectivity index (χ4n) is 1.34. The second-order valence-electron chi connectivity index (χ2n) is 3.67. The van der Waals surface area contributed by atoms with Crippen LogP contribution in [0, 0.1) is 0 Å². The van der Waals surface area contributed by atoms with Gasteiger partial charge in [-0.05, 0) is 31.8 Å². The fraction of sp³-hybridized carbons (Fsp3) is 0.273. The van der Waals surface area contributed by atoms with Crippen LogP contribution in [0.5, 0.6) is 0 Å². The summed E-state index contributed by atoms with van der Waals surface area (Å²) in [5.41, 5.74) is 1.79. The summed E-state index contributed by atoms with van der Waals surface area (Å²) in [6.45, 7) is 0.803. The lowest BCUT2D eigenvalue weighted by Crippen LogP contribution is -2.14. The van der Waals surface area contributed by atoms with Crippen LogP contribution in [0.15, 0.2) is 29.4 Å². The summed E-state index contributed by atoms with van der Waals surface area (Å²) in [7, 11) is 3.95. The number of amides is 1. The number of nitrogens with one attached hydrogen (secondary N) is 1. The highest BCUT2D eigenvalue weighted by Crippen LogP contribution is 2.11. The van der Waals surface area contributed by atoms with E-state index in [0.717, 1.165) is 18.3 Å². The van der Waals surface area contributed by atoms with E-state index in [1.165, 1.54) is 0 Å². The molecule has 0 fully saturated rings. The molecule has 0 saturated heterocycles. The normalized spacial score (nSPS) is 10.9. The first-order valence-corrected chi connectivity index (χ1v) is 4.84. The maximum atomic E-state index is 11.1. The van der Waals surface area contributed by atoms with Crippen LogP contribution in [0.25, 0.3) is 0 Å². The van der Waals surface area contributed by atoms with Gasteiger partial charge in [0.05, 0.1) is 0 Å². The first-order chi connectivity index (χ1) is 7.61. The van der Waals surface area contributed by atoms with Crippen molar-refractivity contribution < 1.29 is 10.0 Å². The average molecular weight is 221 g/mol. The lowest BCUT2D eigenvalue weighted by molar-refractivity contribution is -0.110. The fourth-order valence-corrected chi connectivity index (χ4v) is 1.34. The molecule has 0 aliphatic carbocycles. The predicted molar refractivity (Wildman–Crippen MR) is 62.7 cm³/mol. The maximum Gasteiger partial charge on any atom is 0.270 e. The van der Waals surface area contributed by atoms with E-state index in [2.05, 4.69) is 10.5 Å². The van der Waals surface area contributed by atoms with E-state index in [4.69, 9.17) is 5.21 Å². The summed E-state index contributed by atoms with van der Waals surface area (Å²) in [6, 6.07) is 7.51. The molecule has 2 N–H and O–H groups in total. The van der Waals surface area contributed by atoms with Gasteiger partial charge in [0.2, 0.25) is 0 Å². The molecule has 1 rings (SSSR count). The first-order valence-electron chi connectivity index (χ1n) is 4.84. The number of oxime groups is 1. The Balaban J connectivity index is 2.70. The van der Waals surface area contributed by atoms with E-state index in [-0.39, 0.29) is 0 Å². The van der Waals surface area contributed by atoms with Crippen molar-refractivity contribution in [2.75, 3.05) is 19.4 Å². The minimum absolute atomic E-state index is 0.454. The van der Waals surface area contributed by atoms with Crippen LogP contribution in [0.1, 0.15) is 5.56 Å². The zero-order valence-electron chi connectivity index (χ0n) is 9.34. The number of anilines is 1. The Morgan fingerprint density at radius 1 is 1.56 bits per heavy atom. The Bertz CT molecular complexity index is 389. The molecule has 0 heterocycles. The molecule has 0 radical (unpaired) electrons. The predicted octanol–water partition coefficient (Wildman–Crippen LogP) is 1.15. The van der Waals surface area contributed by atoms with Crippen molar-refractivity contribution in [3.63, 3.8) is 0 Å². The molecular weight excluding hydrogens is 206 g/mol. The van der Waals surface area contributed by atoms with Crippen molar-refractivity contribution in [1.29, 1.82) is 0 Å². The Hall–Kier alpha value is -1.88. The topological polar surface area (TPSA) is 64.9 Å². The molecular formula is C11H15N3O2. The SMILES string of the molecule is CN(C)Cc1cccc(NC(=O)C=NO)c1. The largest absolute Gasteiger partial charge is 0.411 e. The molecule has 0 aliphatic rings. The van der Waals surface area contributed by atoms with Gasteiger partial charge in [-0.1, -0.05) is 17.3 Å². The molecule has 1 aromatic carbocycles. The lowest BCUT2D eigenvalue weighted by atomic mass is 10.2. The number of carbonyl (C=O) groups is 1. The van der Waals surface area contributed by atoms with Crippen LogP contribution in [0.2, 0.25) is 0 Å². The van der Waals surface area contributed by atoms with Crippen LogP contribution < -0.4 is 5.32 Å². The maximum absolute atomic E-state index is 11.1. The molecule has 0 aromatic heterocycles. The van der Waals surface area contributed by atoms with Crippen LogP contribution in [0.3, 0.4) is 0 Å². The van der Waals surface area contributed by atoms with E-state index in [1.54, 1.807) is 6.07 Å². The Labute approximate surface area is 94.4 Å². The summed E-state index contributed by atoms with van der Waals surface area (Å²) in [4.78, 5) is 13.2. The molecule has 1 aromatic rings. The number of hydrogen-bond donors (Lipinski definition) is 2. The van der Waals surface area contributed by atoms with Gasteiger partial charge in [0, 0.05) is 12.2 Å². The van der Waals surface area contributed by atoms with Gasteiger partial charge in [-0.25, -0.2) is 0 Å². The molecule has 0 saturated carbocycles. The van der Waals surface area contributed by atoms with Gasteiger partial charge in [0.25, 0.3) is 5.91 Å². The van der Waals surface area contributed by atoms with Crippen molar-refractivity contribution in [2.45, 2.75) is 6.54 Å². The molecule has 5 heteroatoms. The first kappa shape index (κ1) is 12.2. The van der Waals surface area contributed by atoms with Gasteiger partial charge >= 0.3 is 0 Å². The van der Waals surface area contributed by atoms with Crippen LogP contribution in [0.4, 0.5) is 5.69 Å². The Morgan fingerprint density at radius 3 is 2.94 bits per heavy atom. The van der Waals surface area contributed by atoms with Gasteiger partial charge in [-0.2, -0.15) is 0 Å².